The summed E-state index contributed by atoms with van der Waals surface area (Å²) in [5.74, 6) is 0.492. The molecule has 2 atom stereocenters. The smallest absolute Gasteiger partial charge is 0.0750 e. The Morgan fingerprint density at radius 3 is 2.56 bits per heavy atom. The summed E-state index contributed by atoms with van der Waals surface area (Å²) in [5, 5.41) is 7.87. The molecule has 0 aliphatic heterocycles. The van der Waals surface area contributed by atoms with Crippen LogP contribution in [-0.2, 0) is 17.7 Å². The van der Waals surface area contributed by atoms with Crippen molar-refractivity contribution < 1.29 is 4.74 Å². The maximum Gasteiger partial charge on any atom is 0.0750 e. The number of aryl methyl sites for hydroxylation is 2. The normalized spacial score (nSPS) is 15.1. The molecule has 0 saturated carbocycles. The lowest BCUT2D eigenvalue weighted by Gasteiger charge is -2.28. The highest BCUT2D eigenvalue weighted by Crippen LogP contribution is 2.15. The van der Waals surface area contributed by atoms with Gasteiger partial charge in [0.2, 0.25) is 0 Å². The van der Waals surface area contributed by atoms with Gasteiger partial charge < -0.3 is 10.1 Å². The zero-order valence-corrected chi connectivity index (χ0v) is 12.5. The van der Waals surface area contributed by atoms with Gasteiger partial charge in [-0.1, -0.05) is 13.8 Å². The van der Waals surface area contributed by atoms with Gasteiger partial charge in [-0.2, -0.15) is 5.10 Å². The molecule has 1 aromatic heterocycles. The molecule has 1 N–H and O–H groups in total. The minimum absolute atomic E-state index is 0.218. The lowest BCUT2D eigenvalue weighted by molar-refractivity contribution is 0.0348. The molecule has 2 unspecified atom stereocenters. The van der Waals surface area contributed by atoms with Gasteiger partial charge in [0.25, 0.3) is 0 Å². The van der Waals surface area contributed by atoms with E-state index in [1.54, 1.807) is 7.11 Å². The molecular weight excluding hydrogens is 226 g/mol. The quantitative estimate of drug-likeness (QED) is 0.808. The first-order chi connectivity index (χ1) is 8.53. The predicted octanol–water partition coefficient (Wildman–Crippen LogP) is 2.01. The maximum atomic E-state index is 5.63. The van der Waals surface area contributed by atoms with Gasteiger partial charge in [0.05, 0.1) is 11.8 Å². The van der Waals surface area contributed by atoms with Crippen LogP contribution in [-0.4, -0.2) is 36.1 Å². The van der Waals surface area contributed by atoms with Crippen LogP contribution >= 0.6 is 0 Å². The van der Waals surface area contributed by atoms with Crippen LogP contribution in [0.15, 0.2) is 6.07 Å². The third-order valence-corrected chi connectivity index (χ3v) is 3.41. The fourth-order valence-corrected chi connectivity index (χ4v) is 2.55. The zero-order valence-electron chi connectivity index (χ0n) is 12.5. The maximum absolute atomic E-state index is 5.63. The highest BCUT2D eigenvalue weighted by Gasteiger charge is 2.24. The SMILES string of the molecule is CCn1nc(C)cc1CC(NC)C(OC)C(C)C. The number of rotatable bonds is 7. The van der Waals surface area contributed by atoms with Gasteiger partial charge in [-0.15, -0.1) is 0 Å². The molecule has 0 bridgehead atoms. The van der Waals surface area contributed by atoms with E-state index >= 15 is 0 Å². The minimum Gasteiger partial charge on any atom is -0.380 e. The number of hydrogen-bond donors (Lipinski definition) is 1. The summed E-state index contributed by atoms with van der Waals surface area (Å²) < 4.78 is 7.70. The summed E-state index contributed by atoms with van der Waals surface area (Å²) in [7, 11) is 3.79. The average Bonchev–Trinajstić information content (AvgIpc) is 2.68. The Kier molecular flexibility index (Phi) is 5.82. The second-order valence-electron chi connectivity index (χ2n) is 5.14. The number of likely N-dealkylation sites (N-methyl/N-ethyl adjacent to an activating group) is 1. The Balaban J connectivity index is 2.84. The van der Waals surface area contributed by atoms with Crippen LogP contribution in [0.3, 0.4) is 0 Å². The molecule has 0 aromatic carbocycles. The number of nitrogens with zero attached hydrogens (tertiary/aromatic N) is 2. The van der Waals surface area contributed by atoms with Crippen molar-refractivity contribution in [2.75, 3.05) is 14.2 Å². The van der Waals surface area contributed by atoms with Gasteiger partial charge in [-0.05, 0) is 32.9 Å². The summed E-state index contributed by atoms with van der Waals surface area (Å²) in [6.45, 7) is 9.47. The summed E-state index contributed by atoms with van der Waals surface area (Å²) in [6.07, 6.45) is 1.16. The predicted molar refractivity (Wildman–Crippen MR) is 74.8 cm³/mol. The van der Waals surface area contributed by atoms with Gasteiger partial charge in [-0.25, -0.2) is 0 Å². The summed E-state index contributed by atoms with van der Waals surface area (Å²) in [6, 6.07) is 2.48. The molecule has 0 amide bonds. The van der Waals surface area contributed by atoms with Crippen LogP contribution in [0.25, 0.3) is 0 Å². The van der Waals surface area contributed by atoms with E-state index in [1.165, 1.54) is 5.69 Å². The van der Waals surface area contributed by atoms with Crippen molar-refractivity contribution in [1.29, 1.82) is 0 Å². The van der Waals surface area contributed by atoms with Gasteiger partial charge >= 0.3 is 0 Å². The molecular formula is C14H27N3O. The number of aromatic nitrogens is 2. The third kappa shape index (κ3) is 3.56. The second-order valence-corrected chi connectivity index (χ2v) is 5.14. The monoisotopic (exact) mass is 253 g/mol. The molecule has 0 aliphatic rings. The molecule has 104 valence electrons. The molecule has 1 heterocycles. The highest BCUT2D eigenvalue weighted by molar-refractivity contribution is 5.11. The fourth-order valence-electron chi connectivity index (χ4n) is 2.55. The van der Waals surface area contributed by atoms with E-state index in [0.717, 1.165) is 18.7 Å². The molecule has 1 aromatic rings. The lowest BCUT2D eigenvalue weighted by atomic mass is 9.96. The molecule has 18 heavy (non-hydrogen) atoms. The summed E-state index contributed by atoms with van der Waals surface area (Å²) in [5.41, 5.74) is 2.36. The number of ether oxygens (including phenoxy) is 1. The van der Waals surface area contributed by atoms with Crippen LogP contribution in [0.2, 0.25) is 0 Å². The van der Waals surface area contributed by atoms with Crippen molar-refractivity contribution >= 4 is 0 Å². The molecule has 0 spiro atoms. The van der Waals surface area contributed by atoms with Crippen molar-refractivity contribution in [3.63, 3.8) is 0 Å². The van der Waals surface area contributed by atoms with Crippen LogP contribution in [0.5, 0.6) is 0 Å². The molecule has 0 radical (unpaired) electrons. The van der Waals surface area contributed by atoms with E-state index in [0.29, 0.717) is 12.0 Å². The number of hydrogen-bond acceptors (Lipinski definition) is 3. The van der Waals surface area contributed by atoms with Gasteiger partial charge in [0.1, 0.15) is 0 Å². The van der Waals surface area contributed by atoms with Crippen LogP contribution in [0.1, 0.15) is 32.2 Å². The molecule has 0 fully saturated rings. The van der Waals surface area contributed by atoms with E-state index in [4.69, 9.17) is 4.74 Å². The second kappa shape index (κ2) is 6.90. The molecule has 4 heteroatoms. The van der Waals surface area contributed by atoms with E-state index in [9.17, 15) is 0 Å². The van der Waals surface area contributed by atoms with Crippen LogP contribution < -0.4 is 5.32 Å². The highest BCUT2D eigenvalue weighted by atomic mass is 16.5. The summed E-state index contributed by atoms with van der Waals surface area (Å²) >= 11 is 0. The molecule has 0 aliphatic carbocycles. The molecule has 0 saturated heterocycles. The Morgan fingerprint density at radius 1 is 1.44 bits per heavy atom. The first kappa shape index (κ1) is 15.2. The minimum atomic E-state index is 0.218. The van der Waals surface area contributed by atoms with Gasteiger partial charge in [0, 0.05) is 31.8 Å². The Bertz CT molecular complexity index is 360. The van der Waals surface area contributed by atoms with Crippen molar-refractivity contribution in [1.82, 2.24) is 15.1 Å². The van der Waals surface area contributed by atoms with E-state index in [2.05, 4.69) is 41.9 Å². The molecule has 1 rings (SSSR count). The van der Waals surface area contributed by atoms with E-state index in [1.807, 2.05) is 14.0 Å². The first-order valence-electron chi connectivity index (χ1n) is 6.76. The van der Waals surface area contributed by atoms with Gasteiger partial charge in [-0.3, -0.25) is 4.68 Å². The lowest BCUT2D eigenvalue weighted by Crippen LogP contribution is -2.43. The van der Waals surface area contributed by atoms with Crippen molar-refractivity contribution in [3.05, 3.63) is 17.5 Å². The number of methoxy groups -OCH3 is 1. The van der Waals surface area contributed by atoms with Crippen LogP contribution in [0.4, 0.5) is 0 Å². The van der Waals surface area contributed by atoms with Crippen molar-refractivity contribution in [2.45, 2.75) is 52.8 Å². The van der Waals surface area contributed by atoms with E-state index in [-0.39, 0.29) is 6.10 Å². The largest absolute Gasteiger partial charge is 0.380 e. The van der Waals surface area contributed by atoms with Crippen molar-refractivity contribution in [2.24, 2.45) is 5.92 Å². The third-order valence-electron chi connectivity index (χ3n) is 3.41. The topological polar surface area (TPSA) is 39.1 Å². The Morgan fingerprint density at radius 2 is 2.11 bits per heavy atom. The van der Waals surface area contributed by atoms with E-state index < -0.39 is 0 Å². The average molecular weight is 253 g/mol. The van der Waals surface area contributed by atoms with Gasteiger partial charge in [0.15, 0.2) is 0 Å². The molecule has 4 nitrogen and oxygen atoms in total. The summed E-state index contributed by atoms with van der Waals surface area (Å²) in [4.78, 5) is 0. The standard InChI is InChI=1S/C14H27N3O/c1-7-17-12(8-11(4)16-17)9-13(15-5)14(18-6)10(2)3/h8,10,13-15H,7,9H2,1-6H3. The van der Waals surface area contributed by atoms with Crippen LogP contribution in [0, 0.1) is 12.8 Å². The Labute approximate surface area is 111 Å². The first-order valence-corrected chi connectivity index (χ1v) is 6.76. The fraction of sp³-hybridized carbons (Fsp3) is 0.786. The van der Waals surface area contributed by atoms with Crippen molar-refractivity contribution in [3.8, 4) is 0 Å². The number of nitrogens with one attached hydrogen (secondary N) is 1. The Hall–Kier alpha value is -0.870. The zero-order chi connectivity index (χ0) is 13.7.